The molecule has 1 unspecified atom stereocenters. The molecule has 1 aromatic heterocycles. The van der Waals surface area contributed by atoms with Gasteiger partial charge in [-0.1, -0.05) is 25.4 Å². The van der Waals surface area contributed by atoms with Crippen molar-refractivity contribution in [3.8, 4) is 0 Å². The highest BCUT2D eigenvalue weighted by Crippen LogP contribution is 2.24. The van der Waals surface area contributed by atoms with Gasteiger partial charge in [-0.25, -0.2) is 0 Å². The van der Waals surface area contributed by atoms with Crippen LogP contribution in [0.5, 0.6) is 0 Å². The third-order valence-electron chi connectivity index (χ3n) is 2.78. The minimum Gasteiger partial charge on any atom is -0.453 e. The number of hydrogen-bond donors (Lipinski definition) is 1. The Kier molecular flexibility index (Phi) is 3.73. The number of halogens is 1. The normalized spacial score (nSPS) is 13.2. The molecule has 0 spiro atoms. The Morgan fingerprint density at radius 3 is 2.78 bits per heavy atom. The van der Waals surface area contributed by atoms with E-state index in [1.165, 1.54) is 0 Å². The van der Waals surface area contributed by atoms with Gasteiger partial charge in [0.1, 0.15) is 5.58 Å². The van der Waals surface area contributed by atoms with Gasteiger partial charge >= 0.3 is 0 Å². The van der Waals surface area contributed by atoms with Gasteiger partial charge in [-0.3, -0.25) is 4.79 Å². The van der Waals surface area contributed by atoms with Crippen molar-refractivity contribution in [2.75, 3.05) is 0 Å². The smallest absolute Gasteiger partial charge is 0.214 e. The first-order valence-electron chi connectivity index (χ1n) is 5.96. The predicted octanol–water partition coefficient (Wildman–Crippen LogP) is 3.64. The van der Waals surface area contributed by atoms with Crippen molar-refractivity contribution in [1.29, 1.82) is 0 Å². The first-order chi connectivity index (χ1) is 8.47. The molecule has 0 aliphatic rings. The van der Waals surface area contributed by atoms with E-state index >= 15 is 0 Å². The van der Waals surface area contributed by atoms with Gasteiger partial charge in [-0.05, 0) is 36.6 Å². The van der Waals surface area contributed by atoms with Crippen LogP contribution in [-0.4, -0.2) is 11.8 Å². The number of rotatable bonds is 4. The second-order valence-corrected chi connectivity index (χ2v) is 5.33. The van der Waals surface area contributed by atoms with Gasteiger partial charge in [0.05, 0.1) is 6.04 Å². The summed E-state index contributed by atoms with van der Waals surface area (Å²) in [7, 11) is 0. The van der Waals surface area contributed by atoms with Crippen molar-refractivity contribution in [3.05, 3.63) is 35.0 Å². The molecule has 4 heteroatoms. The van der Waals surface area contributed by atoms with Gasteiger partial charge in [-0.2, -0.15) is 0 Å². The Morgan fingerprint density at radius 2 is 2.11 bits per heavy atom. The molecular formula is C14H16ClNO2. The number of carbonyl (C=O) groups excluding carboxylic acids is 1. The molecule has 0 aliphatic carbocycles. The van der Waals surface area contributed by atoms with Crippen molar-refractivity contribution in [3.63, 3.8) is 0 Å². The Morgan fingerprint density at radius 1 is 1.39 bits per heavy atom. The number of furan rings is 1. The molecule has 96 valence electrons. The standard InChI is InChI=1S/C14H16ClNO2/c1-8(2)5-11(16)14(17)13-7-9-6-10(15)3-4-12(9)18-13/h3-4,6-8,11H,5,16H2,1-2H3. The predicted molar refractivity (Wildman–Crippen MR) is 73.0 cm³/mol. The highest BCUT2D eigenvalue weighted by Gasteiger charge is 2.20. The number of benzene rings is 1. The van der Waals surface area contributed by atoms with Crippen LogP contribution in [-0.2, 0) is 0 Å². The quantitative estimate of drug-likeness (QED) is 0.859. The third kappa shape index (κ3) is 2.74. The Labute approximate surface area is 111 Å². The highest BCUT2D eigenvalue weighted by atomic mass is 35.5. The third-order valence-corrected chi connectivity index (χ3v) is 3.02. The number of Topliss-reactive ketones (excluding diaryl/α,β-unsaturated/α-hetero) is 1. The van der Waals surface area contributed by atoms with Crippen molar-refractivity contribution < 1.29 is 9.21 Å². The van der Waals surface area contributed by atoms with Crippen LogP contribution in [0.2, 0.25) is 5.02 Å². The summed E-state index contributed by atoms with van der Waals surface area (Å²) in [5, 5.41) is 1.44. The summed E-state index contributed by atoms with van der Waals surface area (Å²) in [4.78, 5) is 12.1. The lowest BCUT2D eigenvalue weighted by atomic mass is 10.00. The summed E-state index contributed by atoms with van der Waals surface area (Å²) >= 11 is 5.89. The maximum absolute atomic E-state index is 12.1. The van der Waals surface area contributed by atoms with E-state index in [-0.39, 0.29) is 5.78 Å². The summed E-state index contributed by atoms with van der Waals surface area (Å²) in [6.45, 7) is 4.07. The van der Waals surface area contributed by atoms with E-state index in [0.717, 1.165) is 5.39 Å². The molecule has 0 aliphatic heterocycles. The molecule has 2 rings (SSSR count). The lowest BCUT2D eigenvalue weighted by Gasteiger charge is -2.10. The van der Waals surface area contributed by atoms with E-state index < -0.39 is 6.04 Å². The number of carbonyl (C=O) groups is 1. The minimum atomic E-state index is -0.513. The molecule has 0 bridgehead atoms. The number of fused-ring (bicyclic) bond motifs is 1. The fraction of sp³-hybridized carbons (Fsp3) is 0.357. The van der Waals surface area contributed by atoms with Crippen LogP contribution < -0.4 is 5.73 Å². The van der Waals surface area contributed by atoms with Crippen LogP contribution in [0.1, 0.15) is 30.8 Å². The van der Waals surface area contributed by atoms with Gasteiger partial charge in [0.25, 0.3) is 0 Å². The molecule has 1 atom stereocenters. The zero-order chi connectivity index (χ0) is 13.3. The Bertz CT molecular complexity index is 574. The van der Waals surface area contributed by atoms with Crippen LogP contribution in [0.4, 0.5) is 0 Å². The monoisotopic (exact) mass is 265 g/mol. The zero-order valence-electron chi connectivity index (χ0n) is 10.4. The highest BCUT2D eigenvalue weighted by molar-refractivity contribution is 6.31. The van der Waals surface area contributed by atoms with Gasteiger partial charge in [0.15, 0.2) is 5.76 Å². The van der Waals surface area contributed by atoms with Crippen LogP contribution >= 0.6 is 11.6 Å². The SMILES string of the molecule is CC(C)CC(N)C(=O)c1cc2cc(Cl)ccc2o1. The lowest BCUT2D eigenvalue weighted by molar-refractivity contribution is 0.0925. The van der Waals surface area contributed by atoms with Gasteiger partial charge < -0.3 is 10.2 Å². The van der Waals surface area contributed by atoms with Crippen LogP contribution in [0.25, 0.3) is 11.0 Å². The van der Waals surface area contributed by atoms with Crippen LogP contribution in [0, 0.1) is 5.92 Å². The molecule has 0 saturated heterocycles. The van der Waals surface area contributed by atoms with E-state index in [2.05, 4.69) is 0 Å². The molecule has 3 nitrogen and oxygen atoms in total. The molecule has 1 aromatic carbocycles. The number of hydrogen-bond acceptors (Lipinski definition) is 3. The summed E-state index contributed by atoms with van der Waals surface area (Å²) in [5.41, 5.74) is 6.52. The van der Waals surface area contributed by atoms with Crippen molar-refractivity contribution >= 4 is 28.4 Å². The summed E-state index contributed by atoms with van der Waals surface area (Å²) in [6, 6.07) is 6.44. The molecule has 2 N–H and O–H groups in total. The van der Waals surface area contributed by atoms with E-state index in [4.69, 9.17) is 21.8 Å². The fourth-order valence-electron chi connectivity index (χ4n) is 1.93. The fourth-order valence-corrected chi connectivity index (χ4v) is 2.11. The average Bonchev–Trinajstić information content (AvgIpc) is 2.69. The molecule has 0 radical (unpaired) electrons. The maximum atomic E-state index is 12.1. The largest absolute Gasteiger partial charge is 0.453 e. The maximum Gasteiger partial charge on any atom is 0.214 e. The second kappa shape index (κ2) is 5.12. The molecule has 18 heavy (non-hydrogen) atoms. The summed E-state index contributed by atoms with van der Waals surface area (Å²) in [5.74, 6) is 0.527. The van der Waals surface area contributed by atoms with Crippen molar-refractivity contribution in [2.45, 2.75) is 26.3 Å². The molecular weight excluding hydrogens is 250 g/mol. The van der Waals surface area contributed by atoms with Crippen molar-refractivity contribution in [2.24, 2.45) is 11.7 Å². The van der Waals surface area contributed by atoms with Gasteiger partial charge in [0, 0.05) is 10.4 Å². The Hall–Kier alpha value is -1.32. The minimum absolute atomic E-state index is 0.156. The first-order valence-corrected chi connectivity index (χ1v) is 6.34. The molecule has 2 aromatic rings. The van der Waals surface area contributed by atoms with E-state index in [1.54, 1.807) is 24.3 Å². The van der Waals surface area contributed by atoms with E-state index in [9.17, 15) is 4.79 Å². The number of nitrogens with two attached hydrogens (primary N) is 1. The topological polar surface area (TPSA) is 56.2 Å². The molecule has 0 saturated carbocycles. The summed E-state index contributed by atoms with van der Waals surface area (Å²) in [6.07, 6.45) is 0.649. The van der Waals surface area contributed by atoms with Crippen molar-refractivity contribution in [1.82, 2.24) is 0 Å². The van der Waals surface area contributed by atoms with Gasteiger partial charge in [0.2, 0.25) is 5.78 Å². The second-order valence-electron chi connectivity index (χ2n) is 4.89. The lowest BCUT2D eigenvalue weighted by Crippen LogP contribution is -2.31. The summed E-state index contributed by atoms with van der Waals surface area (Å²) < 4.78 is 5.50. The molecule has 0 fully saturated rings. The van der Waals surface area contributed by atoms with E-state index in [0.29, 0.717) is 28.7 Å². The van der Waals surface area contributed by atoms with E-state index in [1.807, 2.05) is 13.8 Å². The van der Waals surface area contributed by atoms with Crippen LogP contribution in [0.3, 0.4) is 0 Å². The molecule has 1 heterocycles. The molecule has 0 amide bonds. The number of ketones is 1. The first kappa shape index (κ1) is 13.1. The zero-order valence-corrected chi connectivity index (χ0v) is 11.2. The van der Waals surface area contributed by atoms with Gasteiger partial charge in [-0.15, -0.1) is 0 Å². The van der Waals surface area contributed by atoms with Crippen LogP contribution in [0.15, 0.2) is 28.7 Å². The Balaban J connectivity index is 2.28. The average molecular weight is 266 g/mol.